The third kappa shape index (κ3) is 37.2. The molecule has 0 saturated heterocycles. The van der Waals surface area contributed by atoms with Gasteiger partial charge in [0.25, 0.3) is 0 Å². The van der Waals surface area contributed by atoms with Crippen LogP contribution in [0.4, 0.5) is 0 Å². The second-order valence-corrected chi connectivity index (χ2v) is 14.1. The van der Waals surface area contributed by atoms with E-state index in [0.29, 0.717) is 6.42 Å². The molecule has 1 atom stereocenters. The molecule has 0 aliphatic carbocycles. The molecular weight excluding hydrogens is 615 g/mol. The van der Waals surface area contributed by atoms with Gasteiger partial charge in [0.05, 0.1) is 6.61 Å². The van der Waals surface area contributed by atoms with E-state index >= 15 is 0 Å². The maximum Gasteiger partial charge on any atom is 0.469 e. The molecule has 0 rings (SSSR count). The van der Waals surface area contributed by atoms with E-state index in [-0.39, 0.29) is 19.4 Å². The molecule has 0 aliphatic rings. The molecule has 0 amide bonds. The molecular formula is C38H71O8P. The Hall–Kier alpha value is -1.47. The first-order valence-corrected chi connectivity index (χ1v) is 20.7. The van der Waals surface area contributed by atoms with Crippen molar-refractivity contribution in [3.63, 3.8) is 0 Å². The monoisotopic (exact) mass is 686 g/mol. The van der Waals surface area contributed by atoms with Crippen LogP contribution < -0.4 is 0 Å². The Bertz CT molecular complexity index is 823. The lowest BCUT2D eigenvalue weighted by Gasteiger charge is -2.18. The van der Waals surface area contributed by atoms with Crippen LogP contribution in [-0.4, -0.2) is 41.0 Å². The fourth-order valence-corrected chi connectivity index (χ4v) is 5.70. The second kappa shape index (κ2) is 34.4. The van der Waals surface area contributed by atoms with Gasteiger partial charge in [0.1, 0.15) is 6.61 Å². The van der Waals surface area contributed by atoms with Gasteiger partial charge in [0.15, 0.2) is 6.10 Å². The van der Waals surface area contributed by atoms with E-state index in [4.69, 9.17) is 19.3 Å². The summed E-state index contributed by atoms with van der Waals surface area (Å²) in [6, 6.07) is 0. The number of allylic oxidation sites excluding steroid dienone is 4. The lowest BCUT2D eigenvalue weighted by Crippen LogP contribution is -2.29. The number of ether oxygens (including phenoxy) is 2. The Kier molecular flexibility index (Phi) is 33.3. The first kappa shape index (κ1) is 45.5. The number of unbranched alkanes of at least 4 members (excludes halogenated alkanes) is 21. The molecule has 0 aliphatic heterocycles. The Morgan fingerprint density at radius 2 is 0.957 bits per heavy atom. The molecule has 2 N–H and O–H groups in total. The molecule has 0 bridgehead atoms. The van der Waals surface area contributed by atoms with Crippen LogP contribution in [-0.2, 0) is 28.2 Å². The summed E-state index contributed by atoms with van der Waals surface area (Å²) in [5.74, 6) is -0.895. The highest BCUT2D eigenvalue weighted by Crippen LogP contribution is 2.36. The minimum Gasteiger partial charge on any atom is -0.462 e. The van der Waals surface area contributed by atoms with Crippen LogP contribution in [0.3, 0.4) is 0 Å². The Labute approximate surface area is 288 Å². The highest BCUT2D eigenvalue weighted by molar-refractivity contribution is 7.46. The van der Waals surface area contributed by atoms with Crippen molar-refractivity contribution in [2.45, 2.75) is 193 Å². The topological polar surface area (TPSA) is 119 Å². The number of carbonyl (C=O) groups is 2. The third-order valence-corrected chi connectivity index (χ3v) is 8.71. The first-order chi connectivity index (χ1) is 22.8. The van der Waals surface area contributed by atoms with E-state index in [9.17, 15) is 14.2 Å². The molecule has 47 heavy (non-hydrogen) atoms. The molecule has 0 aromatic carbocycles. The Balaban J connectivity index is 3.97. The van der Waals surface area contributed by atoms with Crippen molar-refractivity contribution in [2.75, 3.05) is 13.2 Å². The number of hydrogen-bond donors (Lipinski definition) is 2. The van der Waals surface area contributed by atoms with Gasteiger partial charge in [-0.05, 0) is 44.9 Å². The normalized spacial score (nSPS) is 12.7. The molecule has 8 nitrogen and oxygen atoms in total. The summed E-state index contributed by atoms with van der Waals surface area (Å²) in [4.78, 5) is 42.7. The largest absolute Gasteiger partial charge is 0.469 e. The number of carbonyl (C=O) groups excluding carboxylic acids is 2. The average molecular weight is 687 g/mol. The highest BCUT2D eigenvalue weighted by atomic mass is 31.2. The van der Waals surface area contributed by atoms with Crippen LogP contribution in [0.2, 0.25) is 0 Å². The third-order valence-electron chi connectivity index (χ3n) is 8.22. The van der Waals surface area contributed by atoms with E-state index in [1.54, 1.807) is 0 Å². The van der Waals surface area contributed by atoms with Gasteiger partial charge in [-0.2, -0.15) is 0 Å². The van der Waals surface area contributed by atoms with Gasteiger partial charge in [-0.1, -0.05) is 154 Å². The lowest BCUT2D eigenvalue weighted by atomic mass is 10.0. The summed E-state index contributed by atoms with van der Waals surface area (Å²) in [6.45, 7) is 3.64. The van der Waals surface area contributed by atoms with Gasteiger partial charge < -0.3 is 19.3 Å². The lowest BCUT2D eigenvalue weighted by molar-refractivity contribution is -0.161. The standard InChI is InChI=1S/C38H71O8P/c1-3-5-7-9-11-13-15-17-19-21-23-25-27-29-31-33-38(40)46-36(35-45-47(41,42)43)34-44-37(39)32-30-28-26-24-22-20-18-16-14-12-10-8-6-4-2/h11,13,17,19,36H,3-10,12,14-16,18,20-35H2,1-2H3,(H2,41,42,43)/b13-11-,19-17-/t36-/m1/s1. The second-order valence-electron chi connectivity index (χ2n) is 12.9. The van der Waals surface area contributed by atoms with Gasteiger partial charge in [0.2, 0.25) is 0 Å². The quantitative estimate of drug-likeness (QED) is 0.0292. The molecule has 0 radical (unpaired) electrons. The molecule has 0 aromatic rings. The summed E-state index contributed by atoms with van der Waals surface area (Å²) in [7, 11) is -4.75. The van der Waals surface area contributed by atoms with E-state index in [1.165, 1.54) is 96.3 Å². The van der Waals surface area contributed by atoms with Crippen LogP contribution in [0.25, 0.3) is 0 Å². The zero-order valence-corrected chi connectivity index (χ0v) is 31.1. The van der Waals surface area contributed by atoms with Gasteiger partial charge in [-0.3, -0.25) is 14.1 Å². The zero-order valence-electron chi connectivity index (χ0n) is 30.2. The summed E-state index contributed by atoms with van der Waals surface area (Å²) in [6.07, 6.45) is 37.5. The maximum atomic E-state index is 12.3. The van der Waals surface area contributed by atoms with Crippen molar-refractivity contribution in [1.82, 2.24) is 0 Å². The van der Waals surface area contributed by atoms with Crippen LogP contribution in [0, 0.1) is 0 Å². The SMILES string of the molecule is CCCCC/C=C\C/C=C\CCCCCCCC(=O)O[C@H](COC(=O)CCCCCCCCCCCCCCCC)COP(=O)(O)O. The Morgan fingerprint density at radius 3 is 1.45 bits per heavy atom. The van der Waals surface area contributed by atoms with Crippen LogP contribution in [0.1, 0.15) is 187 Å². The van der Waals surface area contributed by atoms with Crippen molar-refractivity contribution < 1.29 is 37.9 Å². The molecule has 0 saturated carbocycles. The molecule has 0 spiro atoms. The van der Waals surface area contributed by atoms with Crippen LogP contribution in [0.15, 0.2) is 24.3 Å². The fraction of sp³-hybridized carbons (Fsp3) is 0.842. The first-order valence-electron chi connectivity index (χ1n) is 19.1. The summed E-state index contributed by atoms with van der Waals surface area (Å²) in [5, 5.41) is 0. The van der Waals surface area contributed by atoms with Crippen molar-refractivity contribution in [3.8, 4) is 0 Å². The molecule has 9 heteroatoms. The number of phosphoric ester groups is 1. The van der Waals surface area contributed by atoms with Gasteiger partial charge in [0, 0.05) is 12.8 Å². The van der Waals surface area contributed by atoms with Crippen molar-refractivity contribution in [1.29, 1.82) is 0 Å². The summed E-state index contributed by atoms with van der Waals surface area (Å²) < 4.78 is 26.3. The van der Waals surface area contributed by atoms with Crippen LogP contribution in [0.5, 0.6) is 0 Å². The fourth-order valence-electron chi connectivity index (χ4n) is 5.34. The van der Waals surface area contributed by atoms with Gasteiger partial charge in [-0.15, -0.1) is 0 Å². The minimum absolute atomic E-state index is 0.198. The van der Waals surface area contributed by atoms with Gasteiger partial charge >= 0.3 is 19.8 Å². The van der Waals surface area contributed by atoms with Crippen molar-refractivity contribution in [3.05, 3.63) is 24.3 Å². The Morgan fingerprint density at radius 1 is 0.553 bits per heavy atom. The number of phosphoric acid groups is 1. The van der Waals surface area contributed by atoms with E-state index in [2.05, 4.69) is 42.7 Å². The van der Waals surface area contributed by atoms with Crippen molar-refractivity contribution in [2.24, 2.45) is 0 Å². The summed E-state index contributed by atoms with van der Waals surface area (Å²) in [5.41, 5.74) is 0. The average Bonchev–Trinajstić information content (AvgIpc) is 3.03. The smallest absolute Gasteiger partial charge is 0.462 e. The number of rotatable bonds is 35. The molecule has 0 aromatic heterocycles. The van der Waals surface area contributed by atoms with E-state index in [0.717, 1.165) is 57.8 Å². The minimum atomic E-state index is -4.75. The molecule has 0 fully saturated rings. The predicted octanol–water partition coefficient (Wildman–Crippen LogP) is 11.2. The zero-order chi connectivity index (χ0) is 34.7. The highest BCUT2D eigenvalue weighted by Gasteiger charge is 2.22. The van der Waals surface area contributed by atoms with Crippen molar-refractivity contribution >= 4 is 19.8 Å². The molecule has 0 heterocycles. The molecule has 276 valence electrons. The summed E-state index contributed by atoms with van der Waals surface area (Å²) >= 11 is 0. The predicted molar refractivity (Wildman–Crippen MR) is 193 cm³/mol. The maximum absolute atomic E-state index is 12.3. The van der Waals surface area contributed by atoms with E-state index < -0.39 is 32.5 Å². The van der Waals surface area contributed by atoms with Crippen LogP contribution >= 0.6 is 7.82 Å². The van der Waals surface area contributed by atoms with E-state index in [1.807, 2.05) is 0 Å². The van der Waals surface area contributed by atoms with Gasteiger partial charge in [-0.25, -0.2) is 4.57 Å². The number of esters is 2. The molecule has 0 unspecified atom stereocenters. The number of hydrogen-bond acceptors (Lipinski definition) is 6.